The zero-order valence-electron chi connectivity index (χ0n) is 9.42. The van der Waals surface area contributed by atoms with Crippen LogP contribution in [0.2, 0.25) is 0 Å². The van der Waals surface area contributed by atoms with Gasteiger partial charge >= 0.3 is 0 Å². The van der Waals surface area contributed by atoms with Crippen molar-refractivity contribution in [1.82, 2.24) is 10.6 Å². The lowest BCUT2D eigenvalue weighted by molar-refractivity contribution is -0.120. The number of amides is 1. The Hall–Kier alpha value is -1.42. The van der Waals surface area contributed by atoms with Crippen LogP contribution in [0.1, 0.15) is 12.0 Å². The zero-order chi connectivity index (χ0) is 11.8. The van der Waals surface area contributed by atoms with Crippen molar-refractivity contribution in [2.75, 3.05) is 20.1 Å². The summed E-state index contributed by atoms with van der Waals surface area (Å²) in [5.41, 5.74) is 1.02. The molecular weight excluding hydrogens is 207 g/mol. The number of nitrogens with one attached hydrogen (secondary N) is 2. The summed E-state index contributed by atoms with van der Waals surface area (Å²) in [6.45, 7) is 1.27. The van der Waals surface area contributed by atoms with Gasteiger partial charge in [0.25, 0.3) is 0 Å². The SMILES string of the molecule is CNCCC(=O)NCCc1ccc(F)cc1. The van der Waals surface area contributed by atoms with Gasteiger partial charge in [0.05, 0.1) is 0 Å². The second kappa shape index (κ2) is 6.95. The minimum absolute atomic E-state index is 0.0384. The van der Waals surface area contributed by atoms with Crippen LogP contribution in [0.4, 0.5) is 4.39 Å². The van der Waals surface area contributed by atoms with E-state index in [9.17, 15) is 9.18 Å². The van der Waals surface area contributed by atoms with Gasteiger partial charge in [-0.1, -0.05) is 12.1 Å². The lowest BCUT2D eigenvalue weighted by atomic mass is 10.1. The quantitative estimate of drug-likeness (QED) is 0.759. The average Bonchev–Trinajstić information content (AvgIpc) is 2.29. The van der Waals surface area contributed by atoms with E-state index in [2.05, 4.69) is 10.6 Å². The van der Waals surface area contributed by atoms with E-state index in [1.54, 1.807) is 12.1 Å². The van der Waals surface area contributed by atoms with E-state index in [4.69, 9.17) is 0 Å². The van der Waals surface area contributed by atoms with Crippen LogP contribution >= 0.6 is 0 Å². The molecule has 0 fully saturated rings. The Morgan fingerprint density at radius 3 is 2.56 bits per heavy atom. The van der Waals surface area contributed by atoms with Gasteiger partial charge < -0.3 is 10.6 Å². The smallest absolute Gasteiger partial charge is 0.221 e. The summed E-state index contributed by atoms with van der Waals surface area (Å²) in [5, 5.41) is 5.72. The van der Waals surface area contributed by atoms with Gasteiger partial charge in [0.1, 0.15) is 5.82 Å². The van der Waals surface area contributed by atoms with E-state index in [0.717, 1.165) is 12.0 Å². The summed E-state index contributed by atoms with van der Waals surface area (Å²) in [5.74, 6) is -0.196. The van der Waals surface area contributed by atoms with Crippen molar-refractivity contribution in [1.29, 1.82) is 0 Å². The van der Waals surface area contributed by atoms with Crippen LogP contribution in [0.15, 0.2) is 24.3 Å². The summed E-state index contributed by atoms with van der Waals surface area (Å²) >= 11 is 0. The summed E-state index contributed by atoms with van der Waals surface area (Å²) in [6.07, 6.45) is 1.21. The highest BCUT2D eigenvalue weighted by Crippen LogP contribution is 2.02. The summed E-state index contributed by atoms with van der Waals surface area (Å²) in [6, 6.07) is 6.32. The summed E-state index contributed by atoms with van der Waals surface area (Å²) < 4.78 is 12.6. The van der Waals surface area contributed by atoms with Crippen molar-refractivity contribution in [3.8, 4) is 0 Å². The molecule has 2 N–H and O–H groups in total. The van der Waals surface area contributed by atoms with Crippen molar-refractivity contribution in [2.24, 2.45) is 0 Å². The minimum atomic E-state index is -0.234. The molecule has 0 radical (unpaired) electrons. The van der Waals surface area contributed by atoms with E-state index >= 15 is 0 Å². The third kappa shape index (κ3) is 4.89. The third-order valence-corrected chi connectivity index (χ3v) is 2.25. The van der Waals surface area contributed by atoms with Crippen molar-refractivity contribution in [3.05, 3.63) is 35.6 Å². The molecule has 0 spiro atoms. The molecule has 0 unspecified atom stereocenters. The molecule has 88 valence electrons. The Labute approximate surface area is 95.0 Å². The number of halogens is 1. The second-order valence-corrected chi connectivity index (χ2v) is 3.58. The number of hydrogen-bond acceptors (Lipinski definition) is 2. The molecule has 0 aliphatic rings. The first-order valence-electron chi connectivity index (χ1n) is 5.38. The van der Waals surface area contributed by atoms with Crippen LogP contribution in [0, 0.1) is 5.82 Å². The highest BCUT2D eigenvalue weighted by atomic mass is 19.1. The van der Waals surface area contributed by atoms with Crippen LogP contribution in [-0.4, -0.2) is 26.0 Å². The minimum Gasteiger partial charge on any atom is -0.356 e. The van der Waals surface area contributed by atoms with Crippen LogP contribution in [0.5, 0.6) is 0 Å². The van der Waals surface area contributed by atoms with Gasteiger partial charge in [0.15, 0.2) is 0 Å². The largest absolute Gasteiger partial charge is 0.356 e. The van der Waals surface area contributed by atoms with Gasteiger partial charge in [0.2, 0.25) is 5.91 Å². The first kappa shape index (κ1) is 12.6. The van der Waals surface area contributed by atoms with Crippen LogP contribution < -0.4 is 10.6 Å². The zero-order valence-corrected chi connectivity index (χ0v) is 9.42. The molecule has 0 aliphatic carbocycles. The fourth-order valence-electron chi connectivity index (χ4n) is 1.32. The predicted octanol–water partition coefficient (Wildman–Crippen LogP) is 1.09. The van der Waals surface area contributed by atoms with Crippen molar-refractivity contribution >= 4 is 5.91 Å². The molecule has 0 atom stereocenters. The van der Waals surface area contributed by atoms with E-state index < -0.39 is 0 Å². The van der Waals surface area contributed by atoms with E-state index in [1.165, 1.54) is 12.1 Å². The molecule has 4 heteroatoms. The number of carbonyl (C=O) groups excluding carboxylic acids is 1. The molecule has 1 aromatic carbocycles. The predicted molar refractivity (Wildman–Crippen MR) is 61.7 cm³/mol. The Morgan fingerprint density at radius 2 is 1.94 bits per heavy atom. The topological polar surface area (TPSA) is 41.1 Å². The molecule has 0 saturated heterocycles. The first-order chi connectivity index (χ1) is 7.72. The lowest BCUT2D eigenvalue weighted by Gasteiger charge is -2.05. The van der Waals surface area contributed by atoms with E-state index in [1.807, 2.05) is 7.05 Å². The third-order valence-electron chi connectivity index (χ3n) is 2.25. The fraction of sp³-hybridized carbons (Fsp3) is 0.417. The average molecular weight is 224 g/mol. The van der Waals surface area contributed by atoms with Crippen molar-refractivity contribution in [2.45, 2.75) is 12.8 Å². The van der Waals surface area contributed by atoms with Gasteiger partial charge in [-0.05, 0) is 31.2 Å². The highest BCUT2D eigenvalue weighted by molar-refractivity contribution is 5.76. The van der Waals surface area contributed by atoms with Gasteiger partial charge in [0, 0.05) is 19.5 Å². The number of benzene rings is 1. The molecule has 1 rings (SSSR count). The Morgan fingerprint density at radius 1 is 1.25 bits per heavy atom. The van der Waals surface area contributed by atoms with Crippen LogP contribution in [-0.2, 0) is 11.2 Å². The number of hydrogen-bond donors (Lipinski definition) is 2. The standard InChI is InChI=1S/C12H17FN2O/c1-14-8-7-12(16)15-9-6-10-2-4-11(13)5-3-10/h2-5,14H,6-9H2,1H3,(H,15,16). The maximum absolute atomic E-state index is 12.6. The molecule has 0 saturated carbocycles. The second-order valence-electron chi connectivity index (χ2n) is 3.58. The Kier molecular flexibility index (Phi) is 5.50. The van der Waals surface area contributed by atoms with Crippen molar-refractivity contribution in [3.63, 3.8) is 0 Å². The molecule has 16 heavy (non-hydrogen) atoms. The van der Waals surface area contributed by atoms with E-state index in [-0.39, 0.29) is 11.7 Å². The molecule has 0 bridgehead atoms. The molecular formula is C12H17FN2O. The van der Waals surface area contributed by atoms with E-state index in [0.29, 0.717) is 19.5 Å². The normalized spacial score (nSPS) is 10.1. The molecule has 3 nitrogen and oxygen atoms in total. The summed E-state index contributed by atoms with van der Waals surface area (Å²) in [7, 11) is 1.81. The molecule has 0 aromatic heterocycles. The van der Waals surface area contributed by atoms with Crippen molar-refractivity contribution < 1.29 is 9.18 Å². The maximum atomic E-state index is 12.6. The lowest BCUT2D eigenvalue weighted by Crippen LogP contribution is -2.28. The van der Waals surface area contributed by atoms with Crippen LogP contribution in [0.3, 0.4) is 0 Å². The first-order valence-corrected chi connectivity index (χ1v) is 5.38. The number of rotatable bonds is 6. The molecule has 0 heterocycles. The molecule has 1 aromatic rings. The van der Waals surface area contributed by atoms with Gasteiger partial charge in [-0.2, -0.15) is 0 Å². The Bertz CT molecular complexity index is 324. The van der Waals surface area contributed by atoms with Gasteiger partial charge in [-0.3, -0.25) is 4.79 Å². The molecule has 0 aliphatic heterocycles. The van der Waals surface area contributed by atoms with Gasteiger partial charge in [-0.15, -0.1) is 0 Å². The highest BCUT2D eigenvalue weighted by Gasteiger charge is 1.99. The summed E-state index contributed by atoms with van der Waals surface area (Å²) in [4.78, 5) is 11.2. The monoisotopic (exact) mass is 224 g/mol. The fourth-order valence-corrected chi connectivity index (χ4v) is 1.32. The Balaban J connectivity index is 2.20. The van der Waals surface area contributed by atoms with Gasteiger partial charge in [-0.25, -0.2) is 4.39 Å². The molecule has 1 amide bonds. The number of carbonyl (C=O) groups is 1. The maximum Gasteiger partial charge on any atom is 0.221 e. The van der Waals surface area contributed by atoms with Crippen LogP contribution in [0.25, 0.3) is 0 Å².